The van der Waals surface area contributed by atoms with Crippen molar-refractivity contribution in [1.82, 2.24) is 0 Å². The second-order valence-corrected chi connectivity index (χ2v) is 6.89. The maximum absolute atomic E-state index is 12.4. The molecule has 1 N–H and O–H groups in total. The van der Waals surface area contributed by atoms with Crippen LogP contribution in [0.3, 0.4) is 0 Å². The SMILES string of the molecule is CCOC(=O)c1c(NC(=O)COc2ccc(OC)cc2C=O)sc(CC)c1C. The minimum Gasteiger partial charge on any atom is -0.497 e. The van der Waals surface area contributed by atoms with E-state index in [1.807, 2.05) is 13.8 Å². The first kappa shape index (κ1) is 21.4. The number of methoxy groups -OCH3 is 1. The number of carbonyl (C=O) groups is 3. The molecule has 0 radical (unpaired) electrons. The number of benzene rings is 1. The lowest BCUT2D eigenvalue weighted by Crippen LogP contribution is -2.21. The van der Waals surface area contributed by atoms with Gasteiger partial charge >= 0.3 is 5.97 Å². The van der Waals surface area contributed by atoms with Gasteiger partial charge in [-0.1, -0.05) is 6.92 Å². The van der Waals surface area contributed by atoms with Gasteiger partial charge in [-0.15, -0.1) is 11.3 Å². The molecule has 7 nitrogen and oxygen atoms in total. The summed E-state index contributed by atoms with van der Waals surface area (Å²) in [5.41, 5.74) is 1.45. The van der Waals surface area contributed by atoms with Crippen molar-refractivity contribution >= 4 is 34.5 Å². The van der Waals surface area contributed by atoms with Crippen LogP contribution < -0.4 is 14.8 Å². The number of amides is 1. The zero-order valence-corrected chi connectivity index (χ0v) is 17.1. The molecule has 0 spiro atoms. The third-order valence-electron chi connectivity index (χ3n) is 4.00. The Hall–Kier alpha value is -2.87. The van der Waals surface area contributed by atoms with Gasteiger partial charge in [-0.3, -0.25) is 9.59 Å². The first-order valence-electron chi connectivity index (χ1n) is 8.80. The number of esters is 1. The number of nitrogens with one attached hydrogen (secondary N) is 1. The van der Waals surface area contributed by atoms with E-state index in [-0.39, 0.29) is 24.5 Å². The minimum absolute atomic E-state index is 0.248. The Morgan fingerprint density at radius 1 is 1.25 bits per heavy atom. The molecular formula is C20H23NO6S. The number of thiophene rings is 1. The van der Waals surface area contributed by atoms with Crippen molar-refractivity contribution in [2.75, 3.05) is 25.6 Å². The standard InChI is InChI=1S/C20H23NO6S/c1-5-16-12(3)18(20(24)26-6-2)19(28-16)21-17(23)11-27-15-8-7-14(25-4)9-13(15)10-22/h7-10H,5-6,11H2,1-4H3,(H,21,23). The maximum atomic E-state index is 12.4. The van der Waals surface area contributed by atoms with E-state index in [0.29, 0.717) is 22.6 Å². The second kappa shape index (κ2) is 9.89. The van der Waals surface area contributed by atoms with Crippen LogP contribution in [0.4, 0.5) is 5.00 Å². The largest absolute Gasteiger partial charge is 0.497 e. The van der Waals surface area contributed by atoms with E-state index in [1.54, 1.807) is 19.1 Å². The zero-order valence-electron chi connectivity index (χ0n) is 16.3. The summed E-state index contributed by atoms with van der Waals surface area (Å²) in [5, 5.41) is 3.15. The van der Waals surface area contributed by atoms with Gasteiger partial charge in [0.25, 0.3) is 5.91 Å². The van der Waals surface area contributed by atoms with E-state index in [2.05, 4.69) is 5.32 Å². The molecule has 0 aliphatic heterocycles. The summed E-state index contributed by atoms with van der Waals surface area (Å²) < 4.78 is 15.6. The van der Waals surface area contributed by atoms with Crippen molar-refractivity contribution in [2.45, 2.75) is 27.2 Å². The van der Waals surface area contributed by atoms with Gasteiger partial charge in [0.15, 0.2) is 12.9 Å². The summed E-state index contributed by atoms with van der Waals surface area (Å²) in [7, 11) is 1.49. The van der Waals surface area contributed by atoms with Gasteiger partial charge in [0.05, 0.1) is 24.8 Å². The topological polar surface area (TPSA) is 90.9 Å². The third kappa shape index (κ3) is 4.89. The Bertz CT molecular complexity index is 874. The molecule has 8 heteroatoms. The van der Waals surface area contributed by atoms with E-state index in [0.717, 1.165) is 16.9 Å². The van der Waals surface area contributed by atoms with Crippen molar-refractivity contribution in [2.24, 2.45) is 0 Å². The fourth-order valence-corrected chi connectivity index (χ4v) is 3.77. The van der Waals surface area contributed by atoms with E-state index < -0.39 is 11.9 Å². The first-order valence-corrected chi connectivity index (χ1v) is 9.61. The number of anilines is 1. The summed E-state index contributed by atoms with van der Waals surface area (Å²) in [6.07, 6.45) is 1.37. The molecular weight excluding hydrogens is 382 g/mol. The molecule has 1 amide bonds. The van der Waals surface area contributed by atoms with Gasteiger partial charge in [0.2, 0.25) is 0 Å². The van der Waals surface area contributed by atoms with E-state index in [1.165, 1.54) is 24.5 Å². The Morgan fingerprint density at radius 3 is 2.61 bits per heavy atom. The fourth-order valence-electron chi connectivity index (χ4n) is 2.62. The lowest BCUT2D eigenvalue weighted by atomic mass is 10.1. The molecule has 0 saturated heterocycles. The number of aldehydes is 1. The van der Waals surface area contributed by atoms with Crippen molar-refractivity contribution in [1.29, 1.82) is 0 Å². The van der Waals surface area contributed by atoms with E-state index >= 15 is 0 Å². The number of aryl methyl sites for hydroxylation is 1. The van der Waals surface area contributed by atoms with Crippen LogP contribution in [0.2, 0.25) is 0 Å². The summed E-state index contributed by atoms with van der Waals surface area (Å²) in [4.78, 5) is 36.8. The summed E-state index contributed by atoms with van der Waals surface area (Å²) in [6.45, 7) is 5.48. The molecule has 1 aromatic heterocycles. The Kier molecular flexibility index (Phi) is 7.57. The Morgan fingerprint density at radius 2 is 2.00 bits per heavy atom. The Labute approximate surface area is 167 Å². The van der Waals surface area contributed by atoms with Gasteiger partial charge in [0, 0.05) is 4.88 Å². The molecule has 1 heterocycles. The summed E-state index contributed by atoms with van der Waals surface area (Å²) in [6, 6.07) is 4.72. The van der Waals surface area contributed by atoms with Crippen molar-refractivity contribution in [3.05, 3.63) is 39.8 Å². The number of hydrogen-bond donors (Lipinski definition) is 1. The van der Waals surface area contributed by atoms with Crippen LogP contribution in [0.15, 0.2) is 18.2 Å². The van der Waals surface area contributed by atoms with Gasteiger partial charge in [-0.25, -0.2) is 4.79 Å². The average molecular weight is 405 g/mol. The predicted molar refractivity (Wildman–Crippen MR) is 107 cm³/mol. The Balaban J connectivity index is 2.13. The number of hydrogen-bond acceptors (Lipinski definition) is 7. The molecule has 0 aliphatic carbocycles. The van der Waals surface area contributed by atoms with Gasteiger partial charge in [-0.2, -0.15) is 0 Å². The molecule has 0 unspecified atom stereocenters. The van der Waals surface area contributed by atoms with Crippen LogP contribution in [0.25, 0.3) is 0 Å². The summed E-state index contributed by atoms with van der Waals surface area (Å²) in [5.74, 6) is -0.125. The highest BCUT2D eigenvalue weighted by atomic mass is 32.1. The minimum atomic E-state index is -0.467. The highest BCUT2D eigenvalue weighted by Gasteiger charge is 2.23. The summed E-state index contributed by atoms with van der Waals surface area (Å²) >= 11 is 1.34. The first-order chi connectivity index (χ1) is 13.4. The molecule has 2 aromatic rings. The normalized spacial score (nSPS) is 10.3. The monoisotopic (exact) mass is 405 g/mol. The molecule has 0 aliphatic rings. The van der Waals surface area contributed by atoms with Crippen LogP contribution in [-0.4, -0.2) is 38.5 Å². The maximum Gasteiger partial charge on any atom is 0.341 e. The third-order valence-corrected chi connectivity index (χ3v) is 5.35. The molecule has 0 bridgehead atoms. The lowest BCUT2D eigenvalue weighted by Gasteiger charge is -2.10. The number of rotatable bonds is 9. The number of carbonyl (C=O) groups excluding carboxylic acids is 3. The molecule has 28 heavy (non-hydrogen) atoms. The van der Waals surface area contributed by atoms with Crippen LogP contribution in [0, 0.1) is 6.92 Å². The van der Waals surface area contributed by atoms with Crippen molar-refractivity contribution < 1.29 is 28.6 Å². The van der Waals surface area contributed by atoms with Crippen LogP contribution in [0.1, 0.15) is 45.0 Å². The second-order valence-electron chi connectivity index (χ2n) is 5.79. The van der Waals surface area contributed by atoms with E-state index in [4.69, 9.17) is 14.2 Å². The van der Waals surface area contributed by atoms with E-state index in [9.17, 15) is 14.4 Å². The molecule has 2 rings (SSSR count). The van der Waals surface area contributed by atoms with Crippen molar-refractivity contribution in [3.8, 4) is 11.5 Å². The van der Waals surface area contributed by atoms with Crippen LogP contribution >= 0.6 is 11.3 Å². The van der Waals surface area contributed by atoms with Gasteiger partial charge in [-0.05, 0) is 44.0 Å². The number of ether oxygens (including phenoxy) is 3. The predicted octanol–water partition coefficient (Wildman–Crippen LogP) is 3.63. The molecule has 1 aromatic carbocycles. The molecule has 0 fully saturated rings. The molecule has 150 valence electrons. The molecule has 0 saturated carbocycles. The lowest BCUT2D eigenvalue weighted by molar-refractivity contribution is -0.118. The zero-order chi connectivity index (χ0) is 20.7. The van der Waals surface area contributed by atoms with Crippen molar-refractivity contribution in [3.63, 3.8) is 0 Å². The van der Waals surface area contributed by atoms with Gasteiger partial charge in [0.1, 0.15) is 16.5 Å². The highest BCUT2D eigenvalue weighted by Crippen LogP contribution is 2.34. The van der Waals surface area contributed by atoms with Crippen LogP contribution in [-0.2, 0) is 16.0 Å². The highest BCUT2D eigenvalue weighted by molar-refractivity contribution is 7.17. The van der Waals surface area contributed by atoms with Gasteiger partial charge < -0.3 is 19.5 Å². The smallest absolute Gasteiger partial charge is 0.341 e. The molecule has 0 atom stereocenters. The average Bonchev–Trinajstić information content (AvgIpc) is 3.01. The van der Waals surface area contributed by atoms with Crippen LogP contribution in [0.5, 0.6) is 11.5 Å². The fraction of sp³-hybridized carbons (Fsp3) is 0.350. The quantitative estimate of drug-likeness (QED) is 0.506.